The van der Waals surface area contributed by atoms with E-state index < -0.39 is 0 Å². The average Bonchev–Trinajstić information content (AvgIpc) is 2.38. The molecule has 0 atom stereocenters. The van der Waals surface area contributed by atoms with Gasteiger partial charge in [-0.2, -0.15) is 5.26 Å². The fraction of sp³-hybridized carbons (Fsp3) is 0.462. The molecule has 0 fully saturated rings. The Labute approximate surface area is 102 Å². The summed E-state index contributed by atoms with van der Waals surface area (Å²) in [5.74, 6) is 1.47. The van der Waals surface area contributed by atoms with Gasteiger partial charge < -0.3 is 9.47 Å². The predicted molar refractivity (Wildman–Crippen MR) is 66.2 cm³/mol. The van der Waals surface area contributed by atoms with Gasteiger partial charge in [-0.15, -0.1) is 0 Å². The topological polar surface area (TPSA) is 45.5 Å². The maximum absolute atomic E-state index is 8.61. The van der Waals surface area contributed by atoms with Crippen LogP contribution in [0, 0.1) is 11.3 Å². The van der Waals surface area contributed by atoms with E-state index in [1.165, 1.54) is 0 Å². The van der Waals surface area contributed by atoms with Crippen LogP contribution >= 0.6 is 0 Å². The van der Waals surface area contributed by atoms with Crippen molar-refractivity contribution in [3.05, 3.63) is 24.3 Å². The van der Waals surface area contributed by atoms with Crippen molar-refractivity contribution >= 4 is 0 Å². The molecule has 92 valence electrons. The van der Waals surface area contributed by atoms with Crippen LogP contribution in [0.15, 0.2) is 24.3 Å². The van der Waals surface area contributed by atoms with Crippen LogP contribution in [0.3, 0.4) is 0 Å². The Hall–Kier alpha value is -1.73. The van der Waals surface area contributed by atoms with Gasteiger partial charge in [-0.05, 0) is 18.7 Å². The number of hydrogen-bond acceptors (Lipinski definition) is 4. The van der Waals surface area contributed by atoms with E-state index in [2.05, 4.69) is 6.07 Å². The van der Waals surface area contributed by atoms with Crippen molar-refractivity contribution in [1.29, 1.82) is 5.26 Å². The van der Waals surface area contributed by atoms with Crippen molar-refractivity contribution in [2.24, 2.45) is 0 Å². The van der Waals surface area contributed by atoms with Gasteiger partial charge in [0.05, 0.1) is 19.7 Å². The first-order chi connectivity index (χ1) is 8.31. The Kier molecular flexibility index (Phi) is 5.91. The molecule has 4 heteroatoms. The highest BCUT2D eigenvalue weighted by atomic mass is 16.5. The normalized spacial score (nSPS) is 10.0. The molecule has 0 unspecified atom stereocenters. The van der Waals surface area contributed by atoms with Gasteiger partial charge in [0.1, 0.15) is 6.61 Å². The average molecular weight is 234 g/mol. The van der Waals surface area contributed by atoms with Gasteiger partial charge in [0, 0.05) is 6.54 Å². The van der Waals surface area contributed by atoms with E-state index in [0.717, 1.165) is 24.6 Å². The van der Waals surface area contributed by atoms with Gasteiger partial charge in [0.2, 0.25) is 0 Å². The highest BCUT2D eigenvalue weighted by molar-refractivity contribution is 5.39. The number of ether oxygens (including phenoxy) is 2. The first kappa shape index (κ1) is 13.3. The van der Waals surface area contributed by atoms with Crippen LogP contribution < -0.4 is 9.47 Å². The molecular formula is C13H18N2O2. The molecule has 17 heavy (non-hydrogen) atoms. The predicted octanol–water partition coefficient (Wildman–Crippen LogP) is 1.92. The van der Waals surface area contributed by atoms with E-state index in [-0.39, 0.29) is 0 Å². The summed E-state index contributed by atoms with van der Waals surface area (Å²) < 4.78 is 10.8. The number of likely N-dealkylation sites (N-methyl/N-ethyl adjacent to an activating group) is 1. The third-order valence-corrected chi connectivity index (χ3v) is 2.48. The van der Waals surface area contributed by atoms with E-state index in [0.29, 0.717) is 13.2 Å². The number of nitrogens with zero attached hydrogens (tertiary/aromatic N) is 2. The number of rotatable bonds is 7. The molecule has 4 nitrogen and oxygen atoms in total. The third-order valence-electron chi connectivity index (χ3n) is 2.48. The first-order valence-corrected chi connectivity index (χ1v) is 5.67. The third kappa shape index (κ3) is 4.33. The summed E-state index contributed by atoms with van der Waals surface area (Å²) in [6.45, 7) is 4.60. The maximum Gasteiger partial charge on any atom is 0.161 e. The summed E-state index contributed by atoms with van der Waals surface area (Å²) in [5, 5.41) is 8.61. The summed E-state index contributed by atoms with van der Waals surface area (Å²) in [6.07, 6.45) is 0. The lowest BCUT2D eigenvalue weighted by Crippen LogP contribution is -2.28. The van der Waals surface area contributed by atoms with Crippen molar-refractivity contribution in [2.45, 2.75) is 6.92 Å². The second-order valence-corrected chi connectivity index (χ2v) is 3.53. The van der Waals surface area contributed by atoms with Crippen LogP contribution in [0.2, 0.25) is 0 Å². The minimum Gasteiger partial charge on any atom is -0.493 e. The molecule has 1 aromatic carbocycles. The van der Waals surface area contributed by atoms with Crippen LogP contribution in [-0.4, -0.2) is 38.3 Å². The Balaban J connectivity index is 2.42. The van der Waals surface area contributed by atoms with Gasteiger partial charge in [0.25, 0.3) is 0 Å². The minimum atomic E-state index is 0.436. The summed E-state index contributed by atoms with van der Waals surface area (Å²) in [5.41, 5.74) is 0. The zero-order chi connectivity index (χ0) is 12.5. The molecule has 1 rings (SSSR count). The molecular weight excluding hydrogens is 216 g/mol. The Morgan fingerprint density at radius 3 is 2.59 bits per heavy atom. The number of benzene rings is 1. The second-order valence-electron chi connectivity index (χ2n) is 3.53. The molecule has 0 N–H and O–H groups in total. The van der Waals surface area contributed by atoms with E-state index in [1.807, 2.05) is 36.1 Å². The standard InChI is InChI=1S/C13H18N2O2/c1-3-15(9-8-14)10-11-17-13-7-5-4-6-12(13)16-2/h4-7H,3,9-11H2,1-2H3. The van der Waals surface area contributed by atoms with E-state index >= 15 is 0 Å². The molecule has 1 aromatic rings. The van der Waals surface area contributed by atoms with Gasteiger partial charge in [0.15, 0.2) is 11.5 Å². The lowest BCUT2D eigenvalue weighted by molar-refractivity contribution is 0.224. The molecule has 0 heterocycles. The zero-order valence-electron chi connectivity index (χ0n) is 10.3. The number of methoxy groups -OCH3 is 1. The van der Waals surface area contributed by atoms with Gasteiger partial charge in [-0.3, -0.25) is 4.90 Å². The Bertz CT molecular complexity index is 374. The Morgan fingerprint density at radius 1 is 1.29 bits per heavy atom. The molecule has 0 amide bonds. The van der Waals surface area contributed by atoms with E-state index in [9.17, 15) is 0 Å². The highest BCUT2D eigenvalue weighted by Gasteiger charge is 2.04. The largest absolute Gasteiger partial charge is 0.493 e. The van der Waals surface area contributed by atoms with Gasteiger partial charge >= 0.3 is 0 Å². The quantitative estimate of drug-likeness (QED) is 0.676. The summed E-state index contributed by atoms with van der Waals surface area (Å²) in [6, 6.07) is 9.68. The monoisotopic (exact) mass is 234 g/mol. The molecule has 0 saturated heterocycles. The molecule has 0 spiro atoms. The van der Waals surface area contributed by atoms with Crippen molar-refractivity contribution < 1.29 is 9.47 Å². The lowest BCUT2D eigenvalue weighted by Gasteiger charge is -2.17. The van der Waals surface area contributed by atoms with Crippen LogP contribution in [0.4, 0.5) is 0 Å². The number of nitriles is 1. The van der Waals surface area contributed by atoms with Crippen molar-refractivity contribution in [2.75, 3.05) is 33.4 Å². The summed E-state index contributed by atoms with van der Waals surface area (Å²) in [7, 11) is 1.62. The first-order valence-electron chi connectivity index (χ1n) is 5.67. The minimum absolute atomic E-state index is 0.436. The van der Waals surface area contributed by atoms with Crippen LogP contribution in [0.5, 0.6) is 11.5 Å². The van der Waals surface area contributed by atoms with Crippen molar-refractivity contribution in [1.82, 2.24) is 4.90 Å². The van der Waals surface area contributed by atoms with Crippen molar-refractivity contribution in [3.8, 4) is 17.6 Å². The van der Waals surface area contributed by atoms with Gasteiger partial charge in [-0.25, -0.2) is 0 Å². The molecule has 0 aliphatic carbocycles. The van der Waals surface area contributed by atoms with Crippen LogP contribution in [0.1, 0.15) is 6.92 Å². The highest BCUT2D eigenvalue weighted by Crippen LogP contribution is 2.25. The molecule has 0 radical (unpaired) electrons. The summed E-state index contributed by atoms with van der Waals surface area (Å²) in [4.78, 5) is 2.02. The van der Waals surface area contributed by atoms with Crippen LogP contribution in [0.25, 0.3) is 0 Å². The van der Waals surface area contributed by atoms with Crippen molar-refractivity contribution in [3.63, 3.8) is 0 Å². The maximum atomic E-state index is 8.61. The van der Waals surface area contributed by atoms with E-state index in [4.69, 9.17) is 14.7 Å². The molecule has 0 aliphatic rings. The Morgan fingerprint density at radius 2 is 2.00 bits per heavy atom. The molecule has 0 bridgehead atoms. The molecule has 0 aromatic heterocycles. The molecule has 0 aliphatic heterocycles. The van der Waals surface area contributed by atoms with E-state index in [1.54, 1.807) is 7.11 Å². The fourth-order valence-corrected chi connectivity index (χ4v) is 1.47. The van der Waals surface area contributed by atoms with Gasteiger partial charge in [-0.1, -0.05) is 19.1 Å². The number of hydrogen-bond donors (Lipinski definition) is 0. The zero-order valence-corrected chi connectivity index (χ0v) is 10.3. The smallest absolute Gasteiger partial charge is 0.161 e. The SMILES string of the molecule is CCN(CC#N)CCOc1ccccc1OC. The molecule has 0 saturated carbocycles. The lowest BCUT2D eigenvalue weighted by atomic mass is 10.3. The number of para-hydroxylation sites is 2. The van der Waals surface area contributed by atoms with Crippen LogP contribution in [-0.2, 0) is 0 Å². The summed E-state index contributed by atoms with van der Waals surface area (Å²) >= 11 is 0. The second kappa shape index (κ2) is 7.53. The fourth-order valence-electron chi connectivity index (χ4n) is 1.47.